The van der Waals surface area contributed by atoms with Crippen molar-refractivity contribution in [3.05, 3.63) is 23.4 Å². The van der Waals surface area contributed by atoms with Crippen molar-refractivity contribution < 1.29 is 5.11 Å². The lowest BCUT2D eigenvalue weighted by Crippen LogP contribution is -2.44. The lowest BCUT2D eigenvalue weighted by Gasteiger charge is -2.38. The quantitative estimate of drug-likeness (QED) is 0.809. The average Bonchev–Trinajstić information content (AvgIpc) is 2.40. The van der Waals surface area contributed by atoms with Gasteiger partial charge in [0.2, 0.25) is 0 Å². The molecule has 0 radical (unpaired) electrons. The zero-order valence-electron chi connectivity index (χ0n) is 11.1. The van der Waals surface area contributed by atoms with Crippen LogP contribution in [0, 0.1) is 19.3 Å². The van der Waals surface area contributed by atoms with Crippen molar-refractivity contribution in [3.63, 3.8) is 0 Å². The van der Waals surface area contributed by atoms with E-state index in [1.54, 1.807) is 6.20 Å². The van der Waals surface area contributed by atoms with Gasteiger partial charge in [-0.25, -0.2) is 4.98 Å². The molecule has 0 bridgehead atoms. The monoisotopic (exact) mass is 244 g/mol. The summed E-state index contributed by atoms with van der Waals surface area (Å²) in [6, 6.07) is 1.99. The van der Waals surface area contributed by atoms with Gasteiger partial charge in [-0.05, 0) is 37.8 Å². The van der Waals surface area contributed by atoms with Crippen molar-refractivity contribution in [2.24, 2.45) is 0 Å². The topological polar surface area (TPSA) is 36.4 Å². The van der Waals surface area contributed by atoms with Gasteiger partial charge in [-0.2, -0.15) is 0 Å². The SMILES string of the molecule is C#Cc1cnc(N2CCC(O)(CC)CC2)c(C)c1. The lowest BCUT2D eigenvalue weighted by molar-refractivity contribution is 0.0124. The molecule has 1 aliphatic rings. The van der Waals surface area contributed by atoms with Crippen molar-refractivity contribution in [2.45, 2.75) is 38.7 Å². The molecular formula is C15H20N2O. The van der Waals surface area contributed by atoms with Crippen LogP contribution in [0.25, 0.3) is 0 Å². The Morgan fingerprint density at radius 1 is 1.50 bits per heavy atom. The zero-order chi connectivity index (χ0) is 13.2. The lowest BCUT2D eigenvalue weighted by atomic mass is 9.89. The molecule has 18 heavy (non-hydrogen) atoms. The van der Waals surface area contributed by atoms with Gasteiger partial charge in [0.1, 0.15) is 5.82 Å². The fourth-order valence-electron chi connectivity index (χ4n) is 2.47. The van der Waals surface area contributed by atoms with Crippen molar-refractivity contribution in [1.82, 2.24) is 4.98 Å². The number of anilines is 1. The first-order valence-electron chi connectivity index (χ1n) is 6.48. The highest BCUT2D eigenvalue weighted by atomic mass is 16.3. The molecule has 1 fully saturated rings. The standard InChI is InChI=1S/C15H20N2O/c1-4-13-10-12(3)14(16-11-13)17-8-6-15(18,5-2)7-9-17/h1,10-11,18H,5-9H2,2-3H3. The Bertz CT molecular complexity index is 468. The molecule has 1 aromatic rings. The van der Waals surface area contributed by atoms with E-state index in [1.807, 2.05) is 19.9 Å². The minimum absolute atomic E-state index is 0.483. The molecule has 1 aliphatic heterocycles. The first kappa shape index (κ1) is 12.9. The maximum Gasteiger partial charge on any atom is 0.131 e. The predicted molar refractivity (Wildman–Crippen MR) is 73.6 cm³/mol. The summed E-state index contributed by atoms with van der Waals surface area (Å²) in [6.07, 6.45) is 9.54. The number of hydrogen-bond acceptors (Lipinski definition) is 3. The minimum atomic E-state index is -0.483. The van der Waals surface area contributed by atoms with Gasteiger partial charge in [-0.1, -0.05) is 12.8 Å². The van der Waals surface area contributed by atoms with Crippen LogP contribution in [-0.4, -0.2) is 28.8 Å². The van der Waals surface area contributed by atoms with Crippen molar-refractivity contribution in [3.8, 4) is 12.3 Å². The highest BCUT2D eigenvalue weighted by Crippen LogP contribution is 2.29. The third kappa shape index (κ3) is 2.49. The Hall–Kier alpha value is -1.53. The maximum absolute atomic E-state index is 10.2. The van der Waals surface area contributed by atoms with Crippen LogP contribution in [0.2, 0.25) is 0 Å². The van der Waals surface area contributed by atoms with Crippen LogP contribution in [0.1, 0.15) is 37.3 Å². The molecule has 3 nitrogen and oxygen atoms in total. The van der Waals surface area contributed by atoms with Crippen molar-refractivity contribution in [2.75, 3.05) is 18.0 Å². The molecule has 0 aliphatic carbocycles. The van der Waals surface area contributed by atoms with Gasteiger partial charge in [-0.3, -0.25) is 0 Å². The van der Waals surface area contributed by atoms with Crippen LogP contribution in [0.15, 0.2) is 12.3 Å². The van der Waals surface area contributed by atoms with E-state index < -0.39 is 5.60 Å². The Morgan fingerprint density at radius 3 is 2.67 bits per heavy atom. The van der Waals surface area contributed by atoms with E-state index in [9.17, 15) is 5.11 Å². The summed E-state index contributed by atoms with van der Waals surface area (Å²) in [6.45, 7) is 5.78. The van der Waals surface area contributed by atoms with Gasteiger partial charge in [0, 0.05) is 24.8 Å². The van der Waals surface area contributed by atoms with Crippen molar-refractivity contribution in [1.29, 1.82) is 0 Å². The van der Waals surface area contributed by atoms with Crippen LogP contribution >= 0.6 is 0 Å². The van der Waals surface area contributed by atoms with Crippen LogP contribution in [0.4, 0.5) is 5.82 Å². The normalized spacial score (nSPS) is 18.4. The van der Waals surface area contributed by atoms with E-state index in [0.717, 1.165) is 49.3 Å². The summed E-state index contributed by atoms with van der Waals surface area (Å²) >= 11 is 0. The minimum Gasteiger partial charge on any atom is -0.390 e. The maximum atomic E-state index is 10.2. The van der Waals surface area contributed by atoms with Gasteiger partial charge in [0.05, 0.1) is 5.60 Å². The van der Waals surface area contributed by atoms with E-state index in [0.29, 0.717) is 0 Å². The number of aromatic nitrogens is 1. The molecule has 0 spiro atoms. The molecule has 0 atom stereocenters. The largest absolute Gasteiger partial charge is 0.390 e. The third-order valence-corrected chi connectivity index (χ3v) is 3.87. The zero-order valence-corrected chi connectivity index (χ0v) is 11.1. The second-order valence-corrected chi connectivity index (χ2v) is 5.07. The van der Waals surface area contributed by atoms with Crippen molar-refractivity contribution >= 4 is 5.82 Å². The van der Waals surface area contributed by atoms with Gasteiger partial charge in [0.15, 0.2) is 0 Å². The third-order valence-electron chi connectivity index (χ3n) is 3.87. The summed E-state index contributed by atoms with van der Waals surface area (Å²) in [5, 5.41) is 10.2. The fraction of sp³-hybridized carbons (Fsp3) is 0.533. The highest BCUT2D eigenvalue weighted by Gasteiger charge is 2.31. The molecule has 1 aromatic heterocycles. The van der Waals surface area contributed by atoms with E-state index in [2.05, 4.69) is 15.8 Å². The highest BCUT2D eigenvalue weighted by molar-refractivity contribution is 5.50. The molecule has 2 rings (SSSR count). The smallest absolute Gasteiger partial charge is 0.131 e. The van der Waals surface area contributed by atoms with E-state index in [1.165, 1.54) is 0 Å². The van der Waals surface area contributed by atoms with Gasteiger partial charge in [0.25, 0.3) is 0 Å². The molecular weight excluding hydrogens is 224 g/mol. The molecule has 3 heteroatoms. The molecule has 0 aromatic carbocycles. The number of aliphatic hydroxyl groups is 1. The summed E-state index contributed by atoms with van der Waals surface area (Å²) in [5.74, 6) is 3.59. The Labute approximate surface area is 109 Å². The molecule has 2 heterocycles. The molecule has 1 N–H and O–H groups in total. The number of pyridine rings is 1. The van der Waals surface area contributed by atoms with Crippen LogP contribution in [-0.2, 0) is 0 Å². The first-order chi connectivity index (χ1) is 8.58. The Morgan fingerprint density at radius 2 is 2.17 bits per heavy atom. The number of hydrogen-bond donors (Lipinski definition) is 1. The predicted octanol–water partition coefficient (Wildman–Crippen LogP) is 2.11. The number of piperidine rings is 1. The second-order valence-electron chi connectivity index (χ2n) is 5.07. The van der Waals surface area contributed by atoms with E-state index >= 15 is 0 Å². The average molecular weight is 244 g/mol. The number of terminal acetylenes is 1. The summed E-state index contributed by atoms with van der Waals surface area (Å²) in [5.41, 5.74) is 1.44. The fourth-order valence-corrected chi connectivity index (χ4v) is 2.47. The van der Waals surface area contributed by atoms with Gasteiger partial charge >= 0.3 is 0 Å². The molecule has 96 valence electrons. The Balaban J connectivity index is 2.13. The summed E-state index contributed by atoms with van der Waals surface area (Å²) < 4.78 is 0. The van der Waals surface area contributed by atoms with Crippen LogP contribution in [0.5, 0.6) is 0 Å². The second kappa shape index (κ2) is 4.99. The first-order valence-corrected chi connectivity index (χ1v) is 6.48. The molecule has 1 saturated heterocycles. The van der Waals surface area contributed by atoms with Gasteiger partial charge < -0.3 is 10.0 Å². The number of aryl methyl sites for hydroxylation is 1. The molecule has 0 unspecified atom stereocenters. The van der Waals surface area contributed by atoms with Crippen LogP contribution in [0.3, 0.4) is 0 Å². The van der Waals surface area contributed by atoms with Gasteiger partial charge in [-0.15, -0.1) is 6.42 Å². The van der Waals surface area contributed by atoms with E-state index in [4.69, 9.17) is 6.42 Å². The number of rotatable bonds is 2. The molecule has 0 amide bonds. The summed E-state index contributed by atoms with van der Waals surface area (Å²) in [4.78, 5) is 6.68. The Kier molecular flexibility index (Phi) is 3.58. The van der Waals surface area contributed by atoms with Crippen LogP contribution < -0.4 is 4.90 Å². The van der Waals surface area contributed by atoms with E-state index in [-0.39, 0.29) is 0 Å². The molecule has 0 saturated carbocycles. The number of nitrogens with zero attached hydrogens (tertiary/aromatic N) is 2. The summed E-state index contributed by atoms with van der Waals surface area (Å²) in [7, 11) is 0.